The Morgan fingerprint density at radius 1 is 1.56 bits per heavy atom. The quantitative estimate of drug-likeness (QED) is 0.478. The van der Waals surface area contributed by atoms with Crippen molar-refractivity contribution >= 4 is 21.8 Å². The molecule has 16 heavy (non-hydrogen) atoms. The molecule has 1 rings (SSSR count). The van der Waals surface area contributed by atoms with E-state index in [9.17, 15) is 4.79 Å². The van der Waals surface area contributed by atoms with Crippen molar-refractivity contribution in [3.63, 3.8) is 0 Å². The molecule has 1 unspecified atom stereocenters. The van der Waals surface area contributed by atoms with E-state index in [1.54, 1.807) is 6.07 Å². The molecule has 0 saturated heterocycles. The summed E-state index contributed by atoms with van der Waals surface area (Å²) in [6.45, 7) is 0.129. The topological polar surface area (TPSA) is 73.6 Å². The summed E-state index contributed by atoms with van der Waals surface area (Å²) in [7, 11) is 1.49. The molecule has 0 aliphatic heterocycles. The Balaban J connectivity index is 2.75. The Hall–Kier alpha value is -1.11. The van der Waals surface area contributed by atoms with Crippen molar-refractivity contribution in [2.75, 3.05) is 13.7 Å². The Kier molecular flexibility index (Phi) is 5.24. The monoisotopic (exact) mass is 288 g/mol. The van der Waals surface area contributed by atoms with Gasteiger partial charge in [-0.25, -0.2) is 5.84 Å². The molecule has 6 heteroatoms. The number of hydrogen-bond acceptors (Lipinski definition) is 4. The van der Waals surface area contributed by atoms with Crippen LogP contribution in [0.25, 0.3) is 0 Å². The fourth-order valence-electron chi connectivity index (χ4n) is 1.10. The van der Waals surface area contributed by atoms with E-state index in [0.29, 0.717) is 5.75 Å². The maximum Gasteiger partial charge on any atom is 0.277 e. The first-order valence-corrected chi connectivity index (χ1v) is 5.39. The average Bonchev–Trinajstić information content (AvgIpc) is 2.30. The molecule has 0 heterocycles. The van der Waals surface area contributed by atoms with Crippen molar-refractivity contribution in [2.24, 2.45) is 5.84 Å². The number of nitrogens with one attached hydrogen (secondary N) is 1. The van der Waals surface area contributed by atoms with Crippen LogP contribution in [0.3, 0.4) is 0 Å². The fraction of sp³-hybridized carbons (Fsp3) is 0.300. The van der Waals surface area contributed by atoms with Gasteiger partial charge in [-0.15, -0.1) is 0 Å². The smallest absolute Gasteiger partial charge is 0.277 e. The number of amides is 1. The Morgan fingerprint density at radius 3 is 2.81 bits per heavy atom. The van der Waals surface area contributed by atoms with Crippen LogP contribution in [0.4, 0.5) is 0 Å². The van der Waals surface area contributed by atoms with E-state index < -0.39 is 12.0 Å². The molecular formula is C10H13BrN2O3. The van der Waals surface area contributed by atoms with E-state index in [1.807, 2.05) is 23.6 Å². The number of nitrogens with two attached hydrogens (primary N) is 1. The summed E-state index contributed by atoms with van der Waals surface area (Å²) < 4.78 is 11.1. The number of rotatable bonds is 5. The molecule has 0 saturated carbocycles. The largest absolute Gasteiger partial charge is 0.477 e. The lowest BCUT2D eigenvalue weighted by atomic mass is 10.3. The minimum Gasteiger partial charge on any atom is -0.477 e. The number of benzene rings is 1. The van der Waals surface area contributed by atoms with Crippen molar-refractivity contribution in [3.05, 3.63) is 28.7 Å². The number of halogens is 1. The van der Waals surface area contributed by atoms with Crippen LogP contribution in [0.5, 0.6) is 5.75 Å². The zero-order valence-electron chi connectivity index (χ0n) is 8.77. The molecule has 0 bridgehead atoms. The maximum atomic E-state index is 11.4. The zero-order chi connectivity index (χ0) is 12.0. The number of carbonyl (C=O) groups excluding carboxylic acids is 1. The van der Waals surface area contributed by atoms with Crippen LogP contribution in [0.1, 0.15) is 0 Å². The maximum absolute atomic E-state index is 11.4. The Labute approximate surface area is 102 Å². The molecule has 1 amide bonds. The fourth-order valence-corrected chi connectivity index (χ4v) is 1.48. The van der Waals surface area contributed by atoms with Gasteiger partial charge in [-0.05, 0) is 28.1 Å². The van der Waals surface area contributed by atoms with Gasteiger partial charge in [0.25, 0.3) is 5.91 Å². The number of carbonyl (C=O) groups is 1. The first-order valence-electron chi connectivity index (χ1n) is 4.59. The normalized spacial score (nSPS) is 11.9. The number of ether oxygens (including phenoxy) is 2. The van der Waals surface area contributed by atoms with Gasteiger partial charge in [0.1, 0.15) is 5.75 Å². The summed E-state index contributed by atoms with van der Waals surface area (Å²) >= 11 is 3.32. The Morgan fingerprint density at radius 2 is 2.25 bits per heavy atom. The molecule has 88 valence electrons. The molecule has 0 fully saturated rings. The summed E-state index contributed by atoms with van der Waals surface area (Å²) in [6.07, 6.45) is -0.770. The van der Waals surface area contributed by atoms with Crippen molar-refractivity contribution in [3.8, 4) is 5.75 Å². The first-order chi connectivity index (χ1) is 7.69. The van der Waals surface area contributed by atoms with Crippen LogP contribution in [-0.4, -0.2) is 25.7 Å². The predicted octanol–water partition coefficient (Wildman–Crippen LogP) is 0.833. The molecular weight excluding hydrogens is 276 g/mol. The third-order valence-corrected chi connectivity index (χ3v) is 2.51. The molecule has 3 N–H and O–H groups in total. The molecule has 0 spiro atoms. The Bertz CT molecular complexity index is 360. The molecule has 5 nitrogen and oxygen atoms in total. The summed E-state index contributed by atoms with van der Waals surface area (Å²) in [4.78, 5) is 11.4. The lowest BCUT2D eigenvalue weighted by molar-refractivity contribution is -0.130. The summed E-state index contributed by atoms with van der Waals surface area (Å²) in [5.41, 5.74) is 2.03. The highest BCUT2D eigenvalue weighted by Gasteiger charge is 2.20. The number of methoxy groups -OCH3 is 1. The van der Waals surface area contributed by atoms with Crippen LogP contribution in [0, 0.1) is 0 Å². The lowest BCUT2D eigenvalue weighted by Crippen LogP contribution is -2.44. The van der Waals surface area contributed by atoms with Crippen LogP contribution < -0.4 is 16.0 Å². The number of hydrogen-bond donors (Lipinski definition) is 2. The van der Waals surface area contributed by atoms with Crippen LogP contribution in [0.15, 0.2) is 28.7 Å². The van der Waals surface area contributed by atoms with Gasteiger partial charge in [0.2, 0.25) is 6.10 Å². The number of hydrazine groups is 1. The standard InChI is InChI=1S/C10H13BrN2O3/c1-15-6-9(10(14)13-12)16-8-5-3-2-4-7(8)11/h2-5,9H,6,12H2,1H3,(H,13,14). The molecule has 1 aromatic rings. The predicted molar refractivity (Wildman–Crippen MR) is 62.8 cm³/mol. The van der Waals surface area contributed by atoms with Crippen LogP contribution >= 0.6 is 15.9 Å². The lowest BCUT2D eigenvalue weighted by Gasteiger charge is -2.17. The first kappa shape index (κ1) is 13.0. The van der Waals surface area contributed by atoms with Gasteiger partial charge in [0.05, 0.1) is 11.1 Å². The highest BCUT2D eigenvalue weighted by atomic mass is 79.9. The van der Waals surface area contributed by atoms with E-state index in [4.69, 9.17) is 15.3 Å². The highest BCUT2D eigenvalue weighted by molar-refractivity contribution is 9.10. The van der Waals surface area contributed by atoms with Gasteiger partial charge in [0, 0.05) is 7.11 Å². The van der Waals surface area contributed by atoms with Crippen LogP contribution in [-0.2, 0) is 9.53 Å². The summed E-state index contributed by atoms with van der Waals surface area (Å²) in [5.74, 6) is 5.18. The van der Waals surface area contributed by atoms with E-state index in [1.165, 1.54) is 7.11 Å². The van der Waals surface area contributed by atoms with Crippen molar-refractivity contribution in [1.82, 2.24) is 5.43 Å². The second kappa shape index (κ2) is 6.47. The van der Waals surface area contributed by atoms with Gasteiger partial charge < -0.3 is 9.47 Å². The van der Waals surface area contributed by atoms with Gasteiger partial charge in [0.15, 0.2) is 0 Å². The second-order valence-corrected chi connectivity index (χ2v) is 3.86. The molecule has 0 aromatic heterocycles. The molecule has 1 aromatic carbocycles. The second-order valence-electron chi connectivity index (χ2n) is 3.00. The van der Waals surface area contributed by atoms with Crippen molar-refractivity contribution in [2.45, 2.75) is 6.10 Å². The minimum absolute atomic E-state index is 0.129. The SMILES string of the molecule is COCC(Oc1ccccc1Br)C(=O)NN. The van der Waals surface area contributed by atoms with Gasteiger partial charge in [-0.1, -0.05) is 12.1 Å². The minimum atomic E-state index is -0.770. The van der Waals surface area contributed by atoms with E-state index in [-0.39, 0.29) is 6.61 Å². The number of para-hydroxylation sites is 1. The molecule has 1 atom stereocenters. The van der Waals surface area contributed by atoms with Gasteiger partial charge in [-0.3, -0.25) is 10.2 Å². The molecule has 0 radical (unpaired) electrons. The van der Waals surface area contributed by atoms with E-state index >= 15 is 0 Å². The van der Waals surface area contributed by atoms with Gasteiger partial charge in [-0.2, -0.15) is 0 Å². The molecule has 0 aliphatic carbocycles. The average molecular weight is 289 g/mol. The third-order valence-electron chi connectivity index (χ3n) is 1.86. The van der Waals surface area contributed by atoms with Crippen molar-refractivity contribution < 1.29 is 14.3 Å². The van der Waals surface area contributed by atoms with E-state index in [0.717, 1.165) is 4.47 Å². The summed E-state index contributed by atoms with van der Waals surface area (Å²) in [6, 6.07) is 7.23. The van der Waals surface area contributed by atoms with E-state index in [2.05, 4.69) is 15.9 Å². The van der Waals surface area contributed by atoms with Gasteiger partial charge >= 0.3 is 0 Å². The van der Waals surface area contributed by atoms with Crippen LogP contribution in [0.2, 0.25) is 0 Å². The highest BCUT2D eigenvalue weighted by Crippen LogP contribution is 2.24. The summed E-state index contributed by atoms with van der Waals surface area (Å²) in [5, 5.41) is 0. The van der Waals surface area contributed by atoms with Crippen molar-refractivity contribution in [1.29, 1.82) is 0 Å². The zero-order valence-corrected chi connectivity index (χ0v) is 10.4. The third kappa shape index (κ3) is 3.48. The molecule has 0 aliphatic rings.